The Labute approximate surface area is 166 Å². The van der Waals surface area contributed by atoms with E-state index in [0.29, 0.717) is 24.9 Å². The maximum Gasteiger partial charge on any atom is 0.414 e. The van der Waals surface area contributed by atoms with E-state index in [9.17, 15) is 4.79 Å². The highest BCUT2D eigenvalue weighted by atomic mass is 35.5. The van der Waals surface area contributed by atoms with E-state index in [2.05, 4.69) is 26.0 Å². The molecule has 0 aromatic heterocycles. The fourth-order valence-corrected chi connectivity index (χ4v) is 3.66. The fourth-order valence-electron chi connectivity index (χ4n) is 3.40. The Kier molecular flexibility index (Phi) is 5.57. The number of fused-ring (bicyclic) bond motifs is 3. The number of rotatable bonds is 4. The summed E-state index contributed by atoms with van der Waals surface area (Å²) in [5.41, 5.74) is 1.39. The molecular weight excluding hydrogens is 362 g/mol. The number of hydrogen-bond acceptors (Lipinski definition) is 3. The van der Waals surface area contributed by atoms with Crippen LogP contribution in [0.15, 0.2) is 30.3 Å². The van der Waals surface area contributed by atoms with Crippen molar-refractivity contribution < 1.29 is 14.3 Å². The van der Waals surface area contributed by atoms with Gasteiger partial charge < -0.3 is 9.47 Å². The number of carbonyl (C=O) groups is 1. The van der Waals surface area contributed by atoms with E-state index < -0.39 is 5.60 Å². The van der Waals surface area contributed by atoms with Crippen LogP contribution in [0.1, 0.15) is 46.1 Å². The van der Waals surface area contributed by atoms with Crippen LogP contribution in [-0.2, 0) is 4.74 Å². The summed E-state index contributed by atoms with van der Waals surface area (Å²) in [7, 11) is 0. The van der Waals surface area contributed by atoms with Gasteiger partial charge in [-0.05, 0) is 37.6 Å². The fraction of sp³-hybridized carbons (Fsp3) is 0.500. The molecule has 0 fully saturated rings. The summed E-state index contributed by atoms with van der Waals surface area (Å²) in [5.74, 6) is 1.72. The monoisotopic (exact) mass is 389 g/mol. The molecular formula is C22H28ClNO3. The molecule has 1 atom stereocenters. The summed E-state index contributed by atoms with van der Waals surface area (Å²) < 4.78 is 11.7. The third kappa shape index (κ3) is 4.16. The number of halogens is 1. The third-order valence-corrected chi connectivity index (χ3v) is 4.87. The second-order valence-corrected chi connectivity index (χ2v) is 8.81. The third-order valence-electron chi connectivity index (χ3n) is 4.50. The predicted molar refractivity (Wildman–Crippen MR) is 111 cm³/mol. The van der Waals surface area contributed by atoms with E-state index in [4.69, 9.17) is 21.1 Å². The quantitative estimate of drug-likeness (QED) is 0.606. The number of ether oxygens (including phenoxy) is 2. The number of amides is 1. The summed E-state index contributed by atoms with van der Waals surface area (Å²) in [5, 5.41) is 2.14. The molecule has 2 aromatic carbocycles. The number of carbonyl (C=O) groups excluding carboxylic acids is 1. The molecule has 1 aliphatic rings. The number of alkyl halides is 1. The van der Waals surface area contributed by atoms with Crippen LogP contribution in [-0.4, -0.2) is 30.7 Å². The van der Waals surface area contributed by atoms with E-state index in [1.165, 1.54) is 0 Å². The van der Waals surface area contributed by atoms with E-state index in [0.717, 1.165) is 27.8 Å². The first kappa shape index (κ1) is 19.8. The lowest BCUT2D eigenvalue weighted by Gasteiger charge is -2.25. The molecule has 3 rings (SSSR count). The van der Waals surface area contributed by atoms with Crippen molar-refractivity contribution in [3.05, 3.63) is 35.9 Å². The Morgan fingerprint density at radius 3 is 2.52 bits per heavy atom. The Balaban J connectivity index is 2.11. The average molecular weight is 390 g/mol. The smallest absolute Gasteiger partial charge is 0.414 e. The van der Waals surface area contributed by atoms with E-state index >= 15 is 0 Å². The molecule has 0 spiro atoms. The van der Waals surface area contributed by atoms with Gasteiger partial charge in [-0.15, -0.1) is 11.6 Å². The molecule has 27 heavy (non-hydrogen) atoms. The van der Waals surface area contributed by atoms with Crippen LogP contribution in [0.5, 0.6) is 5.75 Å². The molecule has 0 N–H and O–H groups in total. The van der Waals surface area contributed by atoms with Crippen molar-refractivity contribution in [2.24, 2.45) is 5.92 Å². The highest BCUT2D eigenvalue weighted by Crippen LogP contribution is 2.46. The number of nitrogens with zero attached hydrogens (tertiary/aromatic N) is 1. The van der Waals surface area contributed by atoms with Crippen molar-refractivity contribution in [2.75, 3.05) is 23.9 Å². The Hall–Kier alpha value is -1.94. The predicted octanol–water partition coefficient (Wildman–Crippen LogP) is 5.95. The topological polar surface area (TPSA) is 38.8 Å². The summed E-state index contributed by atoms with van der Waals surface area (Å²) in [4.78, 5) is 14.5. The second-order valence-electron chi connectivity index (χ2n) is 8.50. The van der Waals surface area contributed by atoms with Gasteiger partial charge in [0.05, 0.1) is 12.3 Å². The van der Waals surface area contributed by atoms with Crippen LogP contribution >= 0.6 is 11.6 Å². The van der Waals surface area contributed by atoms with Crippen LogP contribution in [0.4, 0.5) is 10.5 Å². The van der Waals surface area contributed by atoms with E-state index in [1.54, 1.807) is 4.90 Å². The van der Waals surface area contributed by atoms with Crippen molar-refractivity contribution in [1.82, 2.24) is 0 Å². The lowest BCUT2D eigenvalue weighted by molar-refractivity contribution is 0.0582. The molecule has 146 valence electrons. The first-order chi connectivity index (χ1) is 12.7. The van der Waals surface area contributed by atoms with Crippen molar-refractivity contribution in [3.8, 4) is 5.75 Å². The molecule has 4 nitrogen and oxygen atoms in total. The first-order valence-corrected chi connectivity index (χ1v) is 9.99. The highest BCUT2D eigenvalue weighted by molar-refractivity contribution is 6.19. The molecule has 1 amide bonds. The Bertz CT molecular complexity index is 841. The highest BCUT2D eigenvalue weighted by Gasteiger charge is 2.36. The summed E-state index contributed by atoms with van der Waals surface area (Å²) in [6.07, 6.45) is -0.346. The average Bonchev–Trinajstić information content (AvgIpc) is 2.97. The van der Waals surface area contributed by atoms with Gasteiger partial charge in [0.2, 0.25) is 0 Å². The molecule has 5 heteroatoms. The van der Waals surface area contributed by atoms with Crippen molar-refractivity contribution in [1.29, 1.82) is 0 Å². The minimum Gasteiger partial charge on any atom is -0.493 e. The van der Waals surface area contributed by atoms with E-state index in [-0.39, 0.29) is 12.0 Å². The molecule has 0 radical (unpaired) electrons. The van der Waals surface area contributed by atoms with Crippen LogP contribution in [0, 0.1) is 5.92 Å². The van der Waals surface area contributed by atoms with Crippen molar-refractivity contribution in [3.63, 3.8) is 0 Å². The van der Waals surface area contributed by atoms with Gasteiger partial charge in [-0.2, -0.15) is 0 Å². The Morgan fingerprint density at radius 1 is 1.26 bits per heavy atom. The maximum atomic E-state index is 12.8. The minimum absolute atomic E-state index is 0.0678. The standard InChI is InChI=1S/C22H28ClNO3/c1-14(2)13-26-19-10-18-20(17-9-7-6-8-16(17)19)15(11-23)12-24(18)21(25)27-22(3,4)5/h6-10,14-15H,11-13H2,1-5H3/t15-/m1/s1. The van der Waals surface area contributed by atoms with E-state index in [1.807, 2.05) is 39.0 Å². The molecule has 1 aliphatic heterocycles. The zero-order valence-electron chi connectivity index (χ0n) is 16.7. The van der Waals surface area contributed by atoms with Crippen molar-refractivity contribution >= 4 is 34.2 Å². The first-order valence-electron chi connectivity index (χ1n) is 9.46. The molecule has 0 unspecified atom stereocenters. The van der Waals surface area contributed by atoms with Gasteiger partial charge in [0, 0.05) is 29.8 Å². The zero-order valence-corrected chi connectivity index (χ0v) is 17.5. The van der Waals surface area contributed by atoms with Crippen molar-refractivity contribution in [2.45, 2.75) is 46.1 Å². The lowest BCUT2D eigenvalue weighted by atomic mass is 9.95. The van der Waals surface area contributed by atoms with Crippen LogP contribution in [0.2, 0.25) is 0 Å². The van der Waals surface area contributed by atoms with Gasteiger partial charge in [-0.3, -0.25) is 4.90 Å². The number of anilines is 1. The van der Waals surface area contributed by atoms with Gasteiger partial charge in [0.1, 0.15) is 11.4 Å². The maximum absolute atomic E-state index is 12.8. The van der Waals surface area contributed by atoms with Gasteiger partial charge in [-0.25, -0.2) is 4.79 Å². The van der Waals surface area contributed by atoms with Crippen LogP contribution in [0.3, 0.4) is 0 Å². The van der Waals surface area contributed by atoms with Crippen LogP contribution in [0.25, 0.3) is 10.8 Å². The Morgan fingerprint density at radius 2 is 1.93 bits per heavy atom. The largest absolute Gasteiger partial charge is 0.493 e. The van der Waals surface area contributed by atoms with Gasteiger partial charge >= 0.3 is 6.09 Å². The lowest BCUT2D eigenvalue weighted by Crippen LogP contribution is -2.36. The van der Waals surface area contributed by atoms with Gasteiger partial charge in [0.15, 0.2) is 0 Å². The van der Waals surface area contributed by atoms with Crippen LogP contribution < -0.4 is 9.64 Å². The summed E-state index contributed by atoms with van der Waals surface area (Å²) in [6.45, 7) is 11.0. The van der Waals surface area contributed by atoms with Gasteiger partial charge in [0.25, 0.3) is 0 Å². The minimum atomic E-state index is -0.551. The number of hydrogen-bond donors (Lipinski definition) is 0. The molecule has 0 aliphatic carbocycles. The van der Waals surface area contributed by atoms with Gasteiger partial charge in [-0.1, -0.05) is 38.1 Å². The molecule has 0 bridgehead atoms. The normalized spacial score (nSPS) is 16.7. The molecule has 0 saturated heterocycles. The number of benzene rings is 2. The molecule has 0 saturated carbocycles. The second kappa shape index (κ2) is 7.59. The summed E-state index contributed by atoms with van der Waals surface area (Å²) in [6, 6.07) is 10.1. The summed E-state index contributed by atoms with van der Waals surface area (Å²) >= 11 is 6.27. The molecule has 1 heterocycles. The SMILES string of the molecule is CC(C)COc1cc2c(c3ccccc13)[C@H](CCl)CN2C(=O)OC(C)(C)C. The molecule has 2 aromatic rings. The zero-order chi connectivity index (χ0) is 19.8.